The van der Waals surface area contributed by atoms with Crippen molar-refractivity contribution in [1.29, 1.82) is 0 Å². The normalized spacial score (nSPS) is 10.5. The Labute approximate surface area is 194 Å². The van der Waals surface area contributed by atoms with E-state index in [1.54, 1.807) is 18.2 Å². The average molecular weight is 487 g/mol. The first-order valence-corrected chi connectivity index (χ1v) is 10.7. The topological polar surface area (TPSA) is 65.3 Å². The zero-order valence-corrected chi connectivity index (χ0v) is 18.7. The van der Waals surface area contributed by atoms with Crippen LogP contribution in [0.1, 0.15) is 0 Å². The number of nitro groups is 1. The molecule has 0 aliphatic rings. The minimum absolute atomic E-state index is 0.0400. The van der Waals surface area contributed by atoms with Crippen molar-refractivity contribution in [2.24, 2.45) is 0 Å². The monoisotopic (exact) mass is 486 g/mol. The van der Waals surface area contributed by atoms with Gasteiger partial charge in [-0.25, -0.2) is 4.98 Å². The molecular weight excluding hydrogens is 468 g/mol. The molecular formula is C26H19BrN2O3. The van der Waals surface area contributed by atoms with E-state index >= 15 is 0 Å². The third-order valence-electron chi connectivity index (χ3n) is 4.93. The van der Waals surface area contributed by atoms with Gasteiger partial charge >= 0.3 is 0 Å². The molecule has 6 heteroatoms. The minimum Gasteiger partial charge on any atom is -0.473 e. The van der Waals surface area contributed by atoms with Crippen LogP contribution in [0.4, 0.5) is 5.69 Å². The Bertz CT molecular complexity index is 1270. The van der Waals surface area contributed by atoms with Gasteiger partial charge in [0.1, 0.15) is 6.61 Å². The number of nitrogens with zero attached hydrogens (tertiary/aromatic N) is 2. The third kappa shape index (κ3) is 4.45. The zero-order valence-electron chi connectivity index (χ0n) is 17.1. The second kappa shape index (κ2) is 9.58. The van der Waals surface area contributed by atoms with Crippen molar-refractivity contribution in [3.05, 3.63) is 112 Å². The standard InChI is InChI=1S/C26H19BrN2O3/c1-2-16-32-26-25(19-8-4-3-5-9-19)22(18-12-14-20(15-13-18)29(30)31)17-24(28-26)21-10-6-7-11-23(21)27/h2-15,17H,1,16H2. The molecule has 0 atom stereocenters. The van der Waals surface area contributed by atoms with Crippen molar-refractivity contribution in [3.8, 4) is 39.4 Å². The van der Waals surface area contributed by atoms with Crippen LogP contribution in [0.25, 0.3) is 33.5 Å². The highest BCUT2D eigenvalue weighted by Crippen LogP contribution is 2.42. The third-order valence-corrected chi connectivity index (χ3v) is 5.62. The number of pyridine rings is 1. The summed E-state index contributed by atoms with van der Waals surface area (Å²) < 4.78 is 6.92. The van der Waals surface area contributed by atoms with E-state index in [4.69, 9.17) is 9.72 Å². The summed E-state index contributed by atoms with van der Waals surface area (Å²) in [5.74, 6) is 0.470. The van der Waals surface area contributed by atoms with Gasteiger partial charge in [0.05, 0.1) is 16.2 Å². The number of halogens is 1. The van der Waals surface area contributed by atoms with Crippen LogP contribution in [0.2, 0.25) is 0 Å². The van der Waals surface area contributed by atoms with Gasteiger partial charge in [-0.1, -0.05) is 77.1 Å². The largest absolute Gasteiger partial charge is 0.473 e. The van der Waals surface area contributed by atoms with E-state index in [-0.39, 0.29) is 5.69 Å². The fourth-order valence-corrected chi connectivity index (χ4v) is 3.93. The van der Waals surface area contributed by atoms with Crippen LogP contribution >= 0.6 is 15.9 Å². The molecule has 0 aliphatic carbocycles. The Kier molecular flexibility index (Phi) is 6.42. The number of ether oxygens (including phenoxy) is 1. The Morgan fingerprint density at radius 3 is 2.28 bits per heavy atom. The van der Waals surface area contributed by atoms with E-state index in [0.717, 1.165) is 38.0 Å². The van der Waals surface area contributed by atoms with E-state index < -0.39 is 4.92 Å². The molecule has 0 N–H and O–H groups in total. The highest BCUT2D eigenvalue weighted by molar-refractivity contribution is 9.10. The van der Waals surface area contributed by atoms with Gasteiger partial charge in [-0.05, 0) is 41.0 Å². The van der Waals surface area contributed by atoms with E-state index in [9.17, 15) is 10.1 Å². The van der Waals surface area contributed by atoms with Gasteiger partial charge in [-0.2, -0.15) is 0 Å². The van der Waals surface area contributed by atoms with Crippen LogP contribution < -0.4 is 4.74 Å². The van der Waals surface area contributed by atoms with E-state index in [1.807, 2.05) is 60.7 Å². The van der Waals surface area contributed by atoms with Crippen molar-refractivity contribution >= 4 is 21.6 Å². The van der Waals surface area contributed by atoms with E-state index in [1.165, 1.54) is 12.1 Å². The number of hydrogen-bond acceptors (Lipinski definition) is 4. The number of hydrogen-bond donors (Lipinski definition) is 0. The van der Waals surface area contributed by atoms with Crippen LogP contribution in [0.3, 0.4) is 0 Å². The van der Waals surface area contributed by atoms with Crippen molar-refractivity contribution in [2.45, 2.75) is 0 Å². The van der Waals surface area contributed by atoms with Gasteiger partial charge in [-0.3, -0.25) is 10.1 Å². The van der Waals surface area contributed by atoms with E-state index in [0.29, 0.717) is 12.5 Å². The molecule has 0 unspecified atom stereocenters. The summed E-state index contributed by atoms with van der Waals surface area (Å²) in [7, 11) is 0. The molecule has 0 bridgehead atoms. The van der Waals surface area contributed by atoms with Gasteiger partial charge in [0.2, 0.25) is 5.88 Å². The van der Waals surface area contributed by atoms with Crippen molar-refractivity contribution in [2.75, 3.05) is 6.61 Å². The van der Waals surface area contributed by atoms with Gasteiger partial charge in [0.25, 0.3) is 5.69 Å². The first-order valence-electron chi connectivity index (χ1n) is 9.92. The van der Waals surface area contributed by atoms with Crippen molar-refractivity contribution < 1.29 is 9.66 Å². The summed E-state index contributed by atoms with van der Waals surface area (Å²) in [5.41, 5.74) is 5.13. The molecule has 158 valence electrons. The second-order valence-electron chi connectivity index (χ2n) is 6.98. The van der Waals surface area contributed by atoms with Gasteiger partial charge in [0, 0.05) is 22.2 Å². The number of nitro benzene ring substituents is 1. The summed E-state index contributed by atoms with van der Waals surface area (Å²) in [4.78, 5) is 15.6. The van der Waals surface area contributed by atoms with Crippen molar-refractivity contribution in [1.82, 2.24) is 4.98 Å². The maximum Gasteiger partial charge on any atom is 0.269 e. The Balaban J connectivity index is 2.01. The van der Waals surface area contributed by atoms with Gasteiger partial charge in [0.15, 0.2) is 0 Å². The number of rotatable bonds is 7. The molecule has 4 aromatic rings. The first-order chi connectivity index (χ1) is 15.6. The summed E-state index contributed by atoms with van der Waals surface area (Å²) >= 11 is 3.61. The summed E-state index contributed by atoms with van der Waals surface area (Å²) in [6, 6.07) is 26.2. The molecule has 3 aromatic carbocycles. The SMILES string of the molecule is C=CCOc1nc(-c2ccccc2Br)cc(-c2ccc([N+](=O)[O-])cc2)c1-c1ccccc1. The smallest absolute Gasteiger partial charge is 0.269 e. The molecule has 0 saturated carbocycles. The molecule has 0 spiro atoms. The molecule has 5 nitrogen and oxygen atoms in total. The quantitative estimate of drug-likeness (QED) is 0.156. The van der Waals surface area contributed by atoms with Crippen LogP contribution in [0.5, 0.6) is 5.88 Å². The lowest BCUT2D eigenvalue weighted by Crippen LogP contribution is -2.02. The Morgan fingerprint density at radius 2 is 1.62 bits per heavy atom. The van der Waals surface area contributed by atoms with Crippen LogP contribution in [0.15, 0.2) is 102 Å². The summed E-state index contributed by atoms with van der Waals surface area (Å²) in [5, 5.41) is 11.1. The Morgan fingerprint density at radius 1 is 0.938 bits per heavy atom. The predicted octanol–water partition coefficient (Wildman–Crippen LogP) is 7.32. The Hall–Kier alpha value is -3.77. The lowest BCUT2D eigenvalue weighted by Gasteiger charge is -2.17. The van der Waals surface area contributed by atoms with E-state index in [2.05, 4.69) is 22.5 Å². The van der Waals surface area contributed by atoms with Crippen LogP contribution in [-0.4, -0.2) is 16.5 Å². The first kappa shape index (κ1) is 21.5. The van der Waals surface area contributed by atoms with Gasteiger partial charge < -0.3 is 4.74 Å². The summed E-state index contributed by atoms with van der Waals surface area (Å²) in [6.45, 7) is 4.05. The zero-order chi connectivity index (χ0) is 22.5. The molecule has 4 rings (SSSR count). The maximum absolute atomic E-state index is 11.1. The highest BCUT2D eigenvalue weighted by Gasteiger charge is 2.19. The lowest BCUT2D eigenvalue weighted by atomic mass is 9.93. The maximum atomic E-state index is 11.1. The second-order valence-corrected chi connectivity index (χ2v) is 7.84. The molecule has 1 aromatic heterocycles. The van der Waals surface area contributed by atoms with Crippen LogP contribution in [-0.2, 0) is 0 Å². The minimum atomic E-state index is -0.403. The average Bonchev–Trinajstić information content (AvgIpc) is 2.83. The molecule has 0 amide bonds. The lowest BCUT2D eigenvalue weighted by molar-refractivity contribution is -0.384. The fraction of sp³-hybridized carbons (Fsp3) is 0.0385. The molecule has 0 radical (unpaired) electrons. The van der Waals surface area contributed by atoms with Crippen molar-refractivity contribution in [3.63, 3.8) is 0 Å². The van der Waals surface area contributed by atoms with Crippen LogP contribution in [0, 0.1) is 10.1 Å². The molecule has 32 heavy (non-hydrogen) atoms. The summed E-state index contributed by atoms with van der Waals surface area (Å²) in [6.07, 6.45) is 1.67. The predicted molar refractivity (Wildman–Crippen MR) is 131 cm³/mol. The molecule has 0 aliphatic heterocycles. The van der Waals surface area contributed by atoms with Gasteiger partial charge in [-0.15, -0.1) is 0 Å². The highest BCUT2D eigenvalue weighted by atomic mass is 79.9. The fourth-order valence-electron chi connectivity index (χ4n) is 3.45. The molecule has 0 fully saturated rings. The molecule has 1 heterocycles. The number of benzene rings is 3. The number of aromatic nitrogens is 1. The number of non-ortho nitro benzene ring substituents is 1. The molecule has 0 saturated heterocycles.